The predicted octanol–water partition coefficient (Wildman–Crippen LogP) is 3.30. The molecule has 9 heteroatoms. The van der Waals surface area contributed by atoms with Crippen molar-refractivity contribution in [2.45, 2.75) is 69.2 Å². The molecule has 3 rings (SSSR count). The van der Waals surface area contributed by atoms with E-state index in [0.29, 0.717) is 19.3 Å². The Labute approximate surface area is 221 Å². The molecule has 198 valence electrons. The molecule has 3 N–H and O–H groups in total. The number of nitrogens with one attached hydrogen (secondary N) is 2. The summed E-state index contributed by atoms with van der Waals surface area (Å²) in [7, 11) is 0. The molecule has 2 atom stereocenters. The number of esters is 1. The Bertz CT molecular complexity index is 1080. The Morgan fingerprint density at radius 2 is 1.59 bits per heavy atom. The standard InChI is InChI=1S/C28H34N2O6S/c1-3-36-26(34)23(17-21-11-13-22(32)14-12-21)29-27(35)28(15-7-8-16-28)30-25(33)24(37-19(2)31)18-20-9-5-4-6-10-20/h4-6,9-14,23-24,32H,3,7-8,15-18H2,1-2H3,(H,29,35)(H,30,33)/t23-,24-/m0/s1. The lowest BCUT2D eigenvalue weighted by Gasteiger charge is -2.32. The van der Waals surface area contributed by atoms with Crippen LogP contribution in [0.4, 0.5) is 0 Å². The van der Waals surface area contributed by atoms with Gasteiger partial charge in [0.1, 0.15) is 17.3 Å². The van der Waals surface area contributed by atoms with Gasteiger partial charge in [0.25, 0.3) is 0 Å². The van der Waals surface area contributed by atoms with E-state index in [1.807, 2.05) is 30.3 Å². The molecule has 0 bridgehead atoms. The van der Waals surface area contributed by atoms with Gasteiger partial charge in [-0.2, -0.15) is 0 Å². The Balaban J connectivity index is 1.78. The molecular formula is C28H34N2O6S. The number of carbonyl (C=O) groups is 4. The number of ether oxygens (including phenoxy) is 1. The summed E-state index contributed by atoms with van der Waals surface area (Å²) in [5.74, 6) is -1.30. The maximum atomic E-state index is 13.6. The SMILES string of the molecule is CCOC(=O)[C@H](Cc1ccc(O)cc1)NC(=O)C1(NC(=O)[C@H](Cc2ccccc2)SC(C)=O)CCCC1. The highest BCUT2D eigenvalue weighted by atomic mass is 32.2. The number of hydrogen-bond acceptors (Lipinski definition) is 7. The van der Waals surface area contributed by atoms with E-state index in [0.717, 1.165) is 35.7 Å². The Morgan fingerprint density at radius 3 is 2.19 bits per heavy atom. The average molecular weight is 527 g/mol. The molecule has 1 fully saturated rings. The number of carbonyl (C=O) groups excluding carboxylic acids is 4. The van der Waals surface area contributed by atoms with Gasteiger partial charge in [0.15, 0.2) is 5.12 Å². The van der Waals surface area contributed by atoms with Crippen molar-refractivity contribution in [3.05, 3.63) is 65.7 Å². The van der Waals surface area contributed by atoms with E-state index >= 15 is 0 Å². The molecule has 1 saturated carbocycles. The largest absolute Gasteiger partial charge is 0.508 e. The normalized spacial score (nSPS) is 15.8. The molecule has 1 aliphatic carbocycles. The van der Waals surface area contributed by atoms with Crippen LogP contribution in [-0.4, -0.2) is 51.4 Å². The highest BCUT2D eigenvalue weighted by Gasteiger charge is 2.45. The minimum Gasteiger partial charge on any atom is -0.508 e. The molecule has 0 spiro atoms. The molecule has 2 amide bonds. The summed E-state index contributed by atoms with van der Waals surface area (Å²) < 4.78 is 5.19. The molecule has 0 aromatic heterocycles. The number of amides is 2. The maximum absolute atomic E-state index is 13.6. The molecule has 0 heterocycles. The maximum Gasteiger partial charge on any atom is 0.328 e. The monoisotopic (exact) mass is 526 g/mol. The van der Waals surface area contributed by atoms with Gasteiger partial charge in [-0.05, 0) is 49.4 Å². The van der Waals surface area contributed by atoms with E-state index in [1.54, 1.807) is 19.1 Å². The highest BCUT2D eigenvalue weighted by Crippen LogP contribution is 2.31. The van der Waals surface area contributed by atoms with Crippen LogP contribution in [0.2, 0.25) is 0 Å². The number of phenols is 1. The zero-order valence-electron chi connectivity index (χ0n) is 21.2. The first-order valence-electron chi connectivity index (χ1n) is 12.5. The van der Waals surface area contributed by atoms with Crippen molar-refractivity contribution in [3.63, 3.8) is 0 Å². The minimum absolute atomic E-state index is 0.0987. The molecule has 37 heavy (non-hydrogen) atoms. The van der Waals surface area contributed by atoms with Crippen LogP contribution in [0.1, 0.15) is 50.7 Å². The van der Waals surface area contributed by atoms with Crippen LogP contribution in [0, 0.1) is 0 Å². The van der Waals surface area contributed by atoms with Crippen molar-refractivity contribution in [1.82, 2.24) is 10.6 Å². The number of rotatable bonds is 11. The van der Waals surface area contributed by atoms with E-state index in [-0.39, 0.29) is 29.8 Å². The van der Waals surface area contributed by atoms with E-state index in [1.165, 1.54) is 19.1 Å². The third-order valence-electron chi connectivity index (χ3n) is 6.37. The molecule has 0 saturated heterocycles. The summed E-state index contributed by atoms with van der Waals surface area (Å²) in [6.07, 6.45) is 2.88. The molecule has 2 aromatic rings. The lowest BCUT2D eigenvalue weighted by Crippen LogP contribution is -2.61. The average Bonchev–Trinajstić information content (AvgIpc) is 3.34. The van der Waals surface area contributed by atoms with E-state index in [2.05, 4.69) is 10.6 Å². The summed E-state index contributed by atoms with van der Waals surface area (Å²) >= 11 is 0.947. The summed E-state index contributed by atoms with van der Waals surface area (Å²) in [6.45, 7) is 3.27. The van der Waals surface area contributed by atoms with Crippen LogP contribution >= 0.6 is 11.8 Å². The van der Waals surface area contributed by atoms with Gasteiger partial charge in [-0.15, -0.1) is 0 Å². The molecule has 1 aliphatic rings. The molecule has 0 unspecified atom stereocenters. The first-order valence-corrected chi connectivity index (χ1v) is 13.4. The third kappa shape index (κ3) is 8.08. The van der Waals surface area contributed by atoms with Gasteiger partial charge >= 0.3 is 5.97 Å². The highest BCUT2D eigenvalue weighted by molar-refractivity contribution is 8.14. The van der Waals surface area contributed by atoms with E-state index < -0.39 is 28.7 Å². The van der Waals surface area contributed by atoms with Crippen molar-refractivity contribution in [2.24, 2.45) is 0 Å². The first kappa shape index (κ1) is 28.2. The van der Waals surface area contributed by atoms with Crippen LogP contribution in [0.15, 0.2) is 54.6 Å². The smallest absolute Gasteiger partial charge is 0.328 e. The van der Waals surface area contributed by atoms with Crippen LogP contribution in [0.25, 0.3) is 0 Å². The van der Waals surface area contributed by atoms with Gasteiger partial charge in [0.2, 0.25) is 11.8 Å². The van der Waals surface area contributed by atoms with E-state index in [9.17, 15) is 24.3 Å². The van der Waals surface area contributed by atoms with Crippen molar-refractivity contribution in [1.29, 1.82) is 0 Å². The molecule has 2 aromatic carbocycles. The molecule has 0 aliphatic heterocycles. The van der Waals surface area contributed by atoms with Crippen LogP contribution in [-0.2, 0) is 36.8 Å². The van der Waals surface area contributed by atoms with Gasteiger partial charge in [0.05, 0.1) is 11.9 Å². The van der Waals surface area contributed by atoms with Gasteiger partial charge in [-0.3, -0.25) is 14.4 Å². The van der Waals surface area contributed by atoms with Gasteiger partial charge < -0.3 is 20.5 Å². The number of hydrogen-bond donors (Lipinski definition) is 3. The third-order valence-corrected chi connectivity index (χ3v) is 7.37. The van der Waals surface area contributed by atoms with E-state index in [4.69, 9.17) is 4.74 Å². The fraction of sp³-hybridized carbons (Fsp3) is 0.429. The van der Waals surface area contributed by atoms with Gasteiger partial charge in [0, 0.05) is 13.3 Å². The summed E-state index contributed by atoms with van der Waals surface area (Å²) in [6, 6.07) is 14.8. The van der Waals surface area contributed by atoms with Gasteiger partial charge in [-0.1, -0.05) is 67.1 Å². The van der Waals surface area contributed by atoms with Crippen molar-refractivity contribution in [3.8, 4) is 5.75 Å². The number of phenolic OH excluding ortho intramolecular Hbond substituents is 1. The lowest BCUT2D eigenvalue weighted by molar-refractivity contribution is -0.148. The summed E-state index contributed by atoms with van der Waals surface area (Å²) in [4.78, 5) is 51.7. The number of thioether (sulfide) groups is 1. The molecule has 8 nitrogen and oxygen atoms in total. The zero-order valence-corrected chi connectivity index (χ0v) is 22.0. The fourth-order valence-corrected chi connectivity index (χ4v) is 5.36. The topological polar surface area (TPSA) is 122 Å². The second kappa shape index (κ2) is 13.3. The van der Waals surface area contributed by atoms with Crippen LogP contribution in [0.3, 0.4) is 0 Å². The van der Waals surface area contributed by atoms with Crippen molar-refractivity contribution < 1.29 is 29.0 Å². The Hall–Kier alpha value is -3.33. The Morgan fingerprint density at radius 1 is 0.973 bits per heavy atom. The summed E-state index contributed by atoms with van der Waals surface area (Å²) in [5.41, 5.74) is 0.474. The van der Waals surface area contributed by atoms with Gasteiger partial charge in [-0.25, -0.2) is 4.79 Å². The van der Waals surface area contributed by atoms with Crippen LogP contribution < -0.4 is 10.6 Å². The van der Waals surface area contributed by atoms with Crippen LogP contribution in [0.5, 0.6) is 5.75 Å². The molecular weight excluding hydrogens is 492 g/mol. The quantitative estimate of drug-likeness (QED) is 0.384. The second-order valence-electron chi connectivity index (χ2n) is 9.21. The number of aromatic hydroxyl groups is 1. The second-order valence-corrected chi connectivity index (χ2v) is 10.6. The zero-order chi connectivity index (χ0) is 26.8. The first-order chi connectivity index (χ1) is 17.7. The Kier molecular flexibility index (Phi) is 10.1. The summed E-state index contributed by atoms with van der Waals surface area (Å²) in [5, 5.41) is 14.5. The molecule has 0 radical (unpaired) electrons. The predicted molar refractivity (Wildman–Crippen MR) is 142 cm³/mol. The van der Waals surface area contributed by atoms with Crippen molar-refractivity contribution >= 4 is 34.7 Å². The fourth-order valence-electron chi connectivity index (χ4n) is 4.52. The minimum atomic E-state index is -1.18. The lowest BCUT2D eigenvalue weighted by atomic mass is 9.94. The van der Waals surface area contributed by atoms with Crippen molar-refractivity contribution in [2.75, 3.05) is 6.61 Å². The number of benzene rings is 2.